The minimum absolute atomic E-state index is 0.0156. The number of benzene rings is 1. The molecule has 0 saturated carbocycles. The van der Waals surface area contributed by atoms with Gasteiger partial charge in [-0.25, -0.2) is 4.98 Å². The minimum Gasteiger partial charge on any atom is -0.352 e. The van der Waals surface area contributed by atoms with E-state index in [1.54, 1.807) is 4.90 Å². The van der Waals surface area contributed by atoms with Crippen LogP contribution in [-0.2, 0) is 4.79 Å². The first-order valence-electron chi connectivity index (χ1n) is 8.76. The van der Waals surface area contributed by atoms with E-state index in [2.05, 4.69) is 10.3 Å². The lowest BCUT2D eigenvalue weighted by Crippen LogP contribution is -2.47. The number of rotatable bonds is 4. The van der Waals surface area contributed by atoms with Gasteiger partial charge in [-0.3, -0.25) is 9.59 Å². The molecule has 0 spiro atoms. The van der Waals surface area contributed by atoms with Crippen molar-refractivity contribution >= 4 is 23.2 Å². The molecule has 1 aromatic carbocycles. The lowest BCUT2D eigenvalue weighted by Gasteiger charge is -2.24. The number of hydrogen-bond acceptors (Lipinski definition) is 5. The molecule has 1 aliphatic rings. The summed E-state index contributed by atoms with van der Waals surface area (Å²) in [6, 6.07) is 8.92. The zero-order valence-corrected chi connectivity index (χ0v) is 16.0. The SMILES string of the molecule is Cc1nc(-c2ccccc2)c(C(=O)N2C[C@@H](N)C[C@H]2C(=O)NC(C)C)s1. The number of likely N-dealkylation sites (tertiary alicyclic amines) is 1. The van der Waals surface area contributed by atoms with Gasteiger partial charge in [0.15, 0.2) is 0 Å². The van der Waals surface area contributed by atoms with Crippen molar-refractivity contribution < 1.29 is 9.59 Å². The summed E-state index contributed by atoms with van der Waals surface area (Å²) in [6.45, 7) is 6.06. The van der Waals surface area contributed by atoms with Crippen LogP contribution < -0.4 is 11.1 Å². The number of thiazole rings is 1. The predicted molar refractivity (Wildman–Crippen MR) is 103 cm³/mol. The fourth-order valence-electron chi connectivity index (χ4n) is 3.22. The highest BCUT2D eigenvalue weighted by Gasteiger charge is 2.40. The van der Waals surface area contributed by atoms with Gasteiger partial charge in [-0.15, -0.1) is 11.3 Å². The molecule has 3 N–H and O–H groups in total. The van der Waals surface area contributed by atoms with Crippen molar-refractivity contribution in [3.8, 4) is 11.3 Å². The Bertz CT molecular complexity index is 803. The van der Waals surface area contributed by atoms with Crippen molar-refractivity contribution in [2.24, 2.45) is 5.73 Å². The van der Waals surface area contributed by atoms with Crippen molar-refractivity contribution in [3.63, 3.8) is 0 Å². The van der Waals surface area contributed by atoms with Crippen LogP contribution in [0.4, 0.5) is 0 Å². The van der Waals surface area contributed by atoms with Crippen molar-refractivity contribution in [1.29, 1.82) is 0 Å². The maximum absolute atomic E-state index is 13.3. The number of carbonyl (C=O) groups is 2. The summed E-state index contributed by atoms with van der Waals surface area (Å²) < 4.78 is 0. The molecule has 1 aliphatic heterocycles. The normalized spacial score (nSPS) is 19.8. The topological polar surface area (TPSA) is 88.3 Å². The second kappa shape index (κ2) is 7.55. The van der Waals surface area contributed by atoms with Gasteiger partial charge in [0.05, 0.1) is 10.7 Å². The maximum atomic E-state index is 13.3. The number of nitrogens with two attached hydrogens (primary N) is 1. The third-order valence-corrected chi connectivity index (χ3v) is 5.26. The fraction of sp³-hybridized carbons (Fsp3) is 0.421. The van der Waals surface area contributed by atoms with Crippen LogP contribution in [-0.4, -0.2) is 46.4 Å². The zero-order valence-electron chi connectivity index (χ0n) is 15.2. The van der Waals surface area contributed by atoms with Crippen molar-refractivity contribution in [2.75, 3.05) is 6.54 Å². The largest absolute Gasteiger partial charge is 0.352 e. The first kappa shape index (κ1) is 18.5. The molecule has 138 valence electrons. The van der Waals surface area contributed by atoms with E-state index in [1.807, 2.05) is 51.1 Å². The number of carbonyl (C=O) groups excluding carboxylic acids is 2. The average molecular weight is 372 g/mol. The molecule has 0 unspecified atom stereocenters. The Morgan fingerprint density at radius 1 is 1.31 bits per heavy atom. The van der Waals surface area contributed by atoms with E-state index in [4.69, 9.17) is 5.73 Å². The Morgan fingerprint density at radius 2 is 2.00 bits per heavy atom. The van der Waals surface area contributed by atoms with E-state index in [9.17, 15) is 9.59 Å². The van der Waals surface area contributed by atoms with Crippen molar-refractivity contribution in [3.05, 3.63) is 40.2 Å². The van der Waals surface area contributed by atoms with Crippen LogP contribution in [0.5, 0.6) is 0 Å². The van der Waals surface area contributed by atoms with Gasteiger partial charge in [0.2, 0.25) is 5.91 Å². The van der Waals surface area contributed by atoms with E-state index in [-0.39, 0.29) is 23.9 Å². The summed E-state index contributed by atoms with van der Waals surface area (Å²) in [6.07, 6.45) is 0.475. The Hall–Kier alpha value is -2.25. The van der Waals surface area contributed by atoms with Gasteiger partial charge in [0.1, 0.15) is 10.9 Å². The third-order valence-electron chi connectivity index (χ3n) is 4.30. The number of nitrogens with zero attached hydrogens (tertiary/aromatic N) is 2. The molecule has 1 aromatic heterocycles. The van der Waals surface area contributed by atoms with E-state index in [0.29, 0.717) is 23.5 Å². The van der Waals surface area contributed by atoms with Gasteiger partial charge >= 0.3 is 0 Å². The van der Waals surface area contributed by atoms with Crippen LogP contribution in [0, 0.1) is 6.92 Å². The molecule has 0 aliphatic carbocycles. The van der Waals surface area contributed by atoms with Crippen LogP contribution in [0.25, 0.3) is 11.3 Å². The first-order valence-corrected chi connectivity index (χ1v) is 9.58. The van der Waals surface area contributed by atoms with E-state index >= 15 is 0 Å². The molecule has 2 amide bonds. The van der Waals surface area contributed by atoms with Crippen LogP contribution in [0.1, 0.15) is 34.9 Å². The molecular formula is C19H24N4O2S. The molecular weight excluding hydrogens is 348 g/mol. The predicted octanol–water partition coefficient (Wildman–Crippen LogP) is 2.18. The molecule has 6 nitrogen and oxygen atoms in total. The standard InChI is InChI=1S/C19H24N4O2S/c1-11(2)21-18(24)15-9-14(20)10-23(15)19(25)17-16(22-12(3)26-17)13-7-5-4-6-8-13/h4-8,11,14-15H,9-10,20H2,1-3H3,(H,21,24)/t14-,15-/m0/s1. The van der Waals surface area contributed by atoms with E-state index < -0.39 is 6.04 Å². The monoisotopic (exact) mass is 372 g/mol. The summed E-state index contributed by atoms with van der Waals surface area (Å²) in [5.74, 6) is -0.324. The lowest BCUT2D eigenvalue weighted by atomic mass is 10.1. The quantitative estimate of drug-likeness (QED) is 0.861. The Balaban J connectivity index is 1.92. The van der Waals surface area contributed by atoms with Gasteiger partial charge < -0.3 is 16.0 Å². The number of nitrogens with one attached hydrogen (secondary N) is 1. The van der Waals surface area contributed by atoms with Gasteiger partial charge in [-0.2, -0.15) is 0 Å². The van der Waals surface area contributed by atoms with Crippen LogP contribution >= 0.6 is 11.3 Å². The van der Waals surface area contributed by atoms with Gasteiger partial charge in [-0.05, 0) is 27.2 Å². The number of hydrogen-bond donors (Lipinski definition) is 2. The van der Waals surface area contributed by atoms with Crippen LogP contribution in [0.3, 0.4) is 0 Å². The smallest absolute Gasteiger partial charge is 0.266 e. The fourth-order valence-corrected chi connectivity index (χ4v) is 4.11. The molecule has 2 aromatic rings. The molecule has 1 saturated heterocycles. The molecule has 2 heterocycles. The van der Waals surface area contributed by atoms with E-state index in [0.717, 1.165) is 10.6 Å². The summed E-state index contributed by atoms with van der Waals surface area (Å²) >= 11 is 1.36. The van der Waals surface area contributed by atoms with Crippen molar-refractivity contribution in [1.82, 2.24) is 15.2 Å². The maximum Gasteiger partial charge on any atom is 0.266 e. The summed E-state index contributed by atoms with van der Waals surface area (Å²) in [5, 5.41) is 3.71. The minimum atomic E-state index is -0.536. The third kappa shape index (κ3) is 3.78. The second-order valence-electron chi connectivity index (χ2n) is 6.91. The van der Waals surface area contributed by atoms with E-state index in [1.165, 1.54) is 11.3 Å². The highest BCUT2D eigenvalue weighted by molar-refractivity contribution is 7.14. The Labute approximate surface area is 157 Å². The van der Waals surface area contributed by atoms with Gasteiger partial charge in [0.25, 0.3) is 5.91 Å². The highest BCUT2D eigenvalue weighted by Crippen LogP contribution is 2.31. The zero-order chi connectivity index (χ0) is 18.8. The molecule has 26 heavy (non-hydrogen) atoms. The summed E-state index contributed by atoms with van der Waals surface area (Å²) in [5.41, 5.74) is 7.63. The van der Waals surface area contributed by atoms with Gasteiger partial charge in [-0.1, -0.05) is 30.3 Å². The molecule has 2 atom stereocenters. The first-order chi connectivity index (χ1) is 12.4. The van der Waals surface area contributed by atoms with Gasteiger partial charge in [0, 0.05) is 24.2 Å². The number of aromatic nitrogens is 1. The number of aryl methyl sites for hydroxylation is 1. The highest BCUT2D eigenvalue weighted by atomic mass is 32.1. The second-order valence-corrected chi connectivity index (χ2v) is 8.11. The molecule has 1 fully saturated rings. The van der Waals surface area contributed by atoms with Crippen molar-refractivity contribution in [2.45, 2.75) is 45.3 Å². The molecule has 0 radical (unpaired) electrons. The van der Waals surface area contributed by atoms with Crippen LogP contribution in [0.15, 0.2) is 30.3 Å². The summed E-state index contributed by atoms with van der Waals surface area (Å²) in [7, 11) is 0. The molecule has 7 heteroatoms. The molecule has 3 rings (SSSR count). The lowest BCUT2D eigenvalue weighted by molar-refractivity contribution is -0.125. The summed E-state index contributed by atoms with van der Waals surface area (Å²) in [4.78, 5) is 32.5. The van der Waals surface area contributed by atoms with Crippen LogP contribution in [0.2, 0.25) is 0 Å². The molecule has 0 bridgehead atoms. The Morgan fingerprint density at radius 3 is 2.65 bits per heavy atom. The number of amides is 2. The Kier molecular flexibility index (Phi) is 5.38. The average Bonchev–Trinajstić information content (AvgIpc) is 3.17.